The molecule has 1 unspecified atom stereocenters. The van der Waals surface area contributed by atoms with Crippen molar-refractivity contribution in [2.24, 2.45) is 5.92 Å². The summed E-state index contributed by atoms with van der Waals surface area (Å²) in [7, 11) is 0. The number of rotatable bonds is 3. The topological polar surface area (TPSA) is 91.2 Å². The first-order chi connectivity index (χ1) is 12.2. The van der Waals surface area contributed by atoms with Gasteiger partial charge in [0.1, 0.15) is 11.1 Å². The van der Waals surface area contributed by atoms with E-state index in [0.717, 1.165) is 0 Å². The number of halogens is 3. The van der Waals surface area contributed by atoms with Gasteiger partial charge in [-0.25, -0.2) is 5.10 Å². The molecule has 0 aliphatic carbocycles. The van der Waals surface area contributed by atoms with Crippen LogP contribution in [0.3, 0.4) is 0 Å². The zero-order valence-corrected chi connectivity index (χ0v) is 14.4. The smallest absolute Gasteiger partial charge is 0.393 e. The fourth-order valence-corrected chi connectivity index (χ4v) is 3.37. The number of amides is 1. The Kier molecular flexibility index (Phi) is 4.78. The molecule has 142 valence electrons. The van der Waals surface area contributed by atoms with Crippen molar-refractivity contribution in [1.82, 2.24) is 15.1 Å². The summed E-state index contributed by atoms with van der Waals surface area (Å²) < 4.78 is 44.1. The Morgan fingerprint density at radius 2 is 2.12 bits per heavy atom. The van der Waals surface area contributed by atoms with Crippen molar-refractivity contribution in [2.45, 2.75) is 32.9 Å². The third-order valence-electron chi connectivity index (χ3n) is 4.59. The van der Waals surface area contributed by atoms with Crippen LogP contribution in [0.5, 0.6) is 0 Å². The second kappa shape index (κ2) is 6.75. The number of furan rings is 1. The molecule has 1 saturated heterocycles. The number of hydrogen-bond donors (Lipinski definition) is 2. The summed E-state index contributed by atoms with van der Waals surface area (Å²) in [5.74, 6) is -1.54. The lowest BCUT2D eigenvalue weighted by Crippen LogP contribution is -2.44. The molecule has 0 saturated carbocycles. The second-order valence-electron chi connectivity index (χ2n) is 6.54. The summed E-state index contributed by atoms with van der Waals surface area (Å²) in [5.41, 5.74) is 0.0401. The number of anilines is 1. The van der Waals surface area contributed by atoms with Crippen LogP contribution >= 0.6 is 0 Å². The number of carbonyl (C=O) groups is 1. The third kappa shape index (κ3) is 3.59. The first-order valence-electron chi connectivity index (χ1n) is 8.24. The highest BCUT2D eigenvalue weighted by molar-refractivity contribution is 6.01. The van der Waals surface area contributed by atoms with Gasteiger partial charge < -0.3 is 4.42 Å². The maximum Gasteiger partial charge on any atom is 0.393 e. The first-order valence-corrected chi connectivity index (χ1v) is 8.24. The first kappa shape index (κ1) is 18.4. The second-order valence-corrected chi connectivity index (χ2v) is 6.54. The van der Waals surface area contributed by atoms with E-state index >= 15 is 0 Å². The van der Waals surface area contributed by atoms with E-state index in [1.54, 1.807) is 13.8 Å². The largest absolute Gasteiger partial charge is 0.444 e. The van der Waals surface area contributed by atoms with Gasteiger partial charge in [0.15, 0.2) is 0 Å². The van der Waals surface area contributed by atoms with Gasteiger partial charge in [-0.2, -0.15) is 18.3 Å². The lowest BCUT2D eigenvalue weighted by atomic mass is 9.97. The van der Waals surface area contributed by atoms with Gasteiger partial charge in [-0.05, 0) is 33.2 Å². The minimum Gasteiger partial charge on any atom is -0.444 e. The average Bonchev–Trinajstić information content (AvgIpc) is 2.88. The number of aryl methyl sites for hydroxylation is 2. The highest BCUT2D eigenvalue weighted by atomic mass is 19.4. The summed E-state index contributed by atoms with van der Waals surface area (Å²) in [6.45, 7) is 3.35. The molecule has 7 nitrogen and oxygen atoms in total. The van der Waals surface area contributed by atoms with Crippen molar-refractivity contribution >= 4 is 22.6 Å². The fourth-order valence-electron chi connectivity index (χ4n) is 3.37. The van der Waals surface area contributed by atoms with E-state index in [1.807, 2.05) is 0 Å². The molecule has 1 amide bonds. The molecule has 2 aromatic heterocycles. The number of aromatic amines is 1. The number of piperidine rings is 1. The Morgan fingerprint density at radius 3 is 2.81 bits per heavy atom. The number of alkyl halides is 3. The van der Waals surface area contributed by atoms with Crippen LogP contribution in [0.4, 0.5) is 19.1 Å². The molecule has 1 atom stereocenters. The van der Waals surface area contributed by atoms with Crippen LogP contribution in [-0.2, 0) is 4.79 Å². The van der Waals surface area contributed by atoms with Crippen LogP contribution in [0.25, 0.3) is 10.8 Å². The lowest BCUT2D eigenvalue weighted by molar-refractivity contribution is -0.186. The Hall–Kier alpha value is -2.36. The minimum absolute atomic E-state index is 0.0152. The maximum atomic E-state index is 12.9. The Labute approximate surface area is 146 Å². The molecular weight excluding hydrogens is 353 g/mol. The number of nitrogens with one attached hydrogen (secondary N) is 2. The van der Waals surface area contributed by atoms with Gasteiger partial charge in [0, 0.05) is 6.54 Å². The molecule has 26 heavy (non-hydrogen) atoms. The van der Waals surface area contributed by atoms with Crippen molar-refractivity contribution in [2.75, 3.05) is 25.0 Å². The average molecular weight is 372 g/mol. The minimum atomic E-state index is -4.26. The van der Waals surface area contributed by atoms with Gasteiger partial charge in [-0.1, -0.05) is 0 Å². The van der Waals surface area contributed by atoms with Gasteiger partial charge >= 0.3 is 6.18 Å². The van der Waals surface area contributed by atoms with Gasteiger partial charge in [-0.15, -0.1) is 0 Å². The highest BCUT2D eigenvalue weighted by Gasteiger charge is 2.41. The van der Waals surface area contributed by atoms with E-state index in [0.29, 0.717) is 29.8 Å². The molecule has 10 heteroatoms. The number of hydrogen-bond acceptors (Lipinski definition) is 5. The summed E-state index contributed by atoms with van der Waals surface area (Å²) in [6, 6.07) is 0. The van der Waals surface area contributed by atoms with Crippen molar-refractivity contribution in [3.63, 3.8) is 0 Å². The summed E-state index contributed by atoms with van der Waals surface area (Å²) in [6.07, 6.45) is -3.81. The molecule has 2 N–H and O–H groups in total. The van der Waals surface area contributed by atoms with E-state index in [4.69, 9.17) is 4.42 Å². The zero-order valence-electron chi connectivity index (χ0n) is 14.4. The number of aromatic nitrogens is 2. The van der Waals surface area contributed by atoms with Gasteiger partial charge in [0.25, 0.3) is 5.56 Å². The Morgan fingerprint density at radius 1 is 1.38 bits per heavy atom. The zero-order chi connectivity index (χ0) is 19.1. The third-order valence-corrected chi connectivity index (χ3v) is 4.59. The quantitative estimate of drug-likeness (QED) is 0.863. The van der Waals surface area contributed by atoms with Crippen molar-refractivity contribution in [3.8, 4) is 0 Å². The maximum absolute atomic E-state index is 12.9. The molecule has 0 radical (unpaired) electrons. The molecular formula is C16H19F3N4O3. The number of nitrogens with zero attached hydrogens (tertiary/aromatic N) is 2. The van der Waals surface area contributed by atoms with E-state index in [2.05, 4.69) is 15.5 Å². The predicted molar refractivity (Wildman–Crippen MR) is 88.0 cm³/mol. The predicted octanol–water partition coefficient (Wildman–Crippen LogP) is 2.35. The molecule has 0 spiro atoms. The van der Waals surface area contributed by atoms with Crippen LogP contribution in [-0.4, -0.2) is 46.8 Å². The van der Waals surface area contributed by atoms with Crippen molar-refractivity contribution in [3.05, 3.63) is 21.8 Å². The van der Waals surface area contributed by atoms with Gasteiger partial charge in [0.2, 0.25) is 11.8 Å². The van der Waals surface area contributed by atoms with E-state index in [9.17, 15) is 22.8 Å². The molecule has 1 aliphatic rings. The molecule has 3 rings (SSSR count). The lowest BCUT2D eigenvalue weighted by Gasteiger charge is -2.33. The number of likely N-dealkylation sites (tertiary alicyclic amines) is 1. The van der Waals surface area contributed by atoms with Gasteiger partial charge in [-0.3, -0.25) is 19.8 Å². The van der Waals surface area contributed by atoms with Crippen LogP contribution in [0.2, 0.25) is 0 Å². The molecule has 3 heterocycles. The van der Waals surface area contributed by atoms with E-state index in [-0.39, 0.29) is 30.8 Å². The summed E-state index contributed by atoms with van der Waals surface area (Å²) >= 11 is 0. The van der Waals surface area contributed by atoms with Crippen LogP contribution in [0.1, 0.15) is 24.3 Å². The standard InChI is InChI=1S/C16H19F3N4O3/c1-8-12-9(2)26-15(13(12)14(25)22-21-8)20-11(24)7-23-5-3-4-10(6-23)16(17,18)19/h10H,3-7H2,1-2H3,(H,20,24)(H,22,25). The Bertz CT molecular complexity index is 887. The van der Waals surface area contributed by atoms with Crippen LogP contribution in [0.15, 0.2) is 9.21 Å². The highest BCUT2D eigenvalue weighted by Crippen LogP contribution is 2.33. The number of H-pyrrole nitrogens is 1. The monoisotopic (exact) mass is 372 g/mol. The van der Waals surface area contributed by atoms with E-state index in [1.165, 1.54) is 4.90 Å². The van der Waals surface area contributed by atoms with Crippen LogP contribution in [0, 0.1) is 19.8 Å². The van der Waals surface area contributed by atoms with Crippen molar-refractivity contribution < 1.29 is 22.4 Å². The SMILES string of the molecule is Cc1n[nH]c(=O)c2c(NC(=O)CN3CCCC(C(F)(F)F)C3)oc(C)c12. The van der Waals surface area contributed by atoms with Crippen molar-refractivity contribution in [1.29, 1.82) is 0 Å². The fraction of sp³-hybridized carbons (Fsp3) is 0.562. The molecule has 2 aromatic rings. The Balaban J connectivity index is 1.74. The summed E-state index contributed by atoms with van der Waals surface area (Å²) in [5, 5.41) is 9.37. The summed E-state index contributed by atoms with van der Waals surface area (Å²) in [4.78, 5) is 25.8. The molecule has 1 aliphatic heterocycles. The van der Waals surface area contributed by atoms with E-state index < -0.39 is 23.6 Å². The number of carbonyl (C=O) groups excluding carboxylic acids is 1. The number of fused-ring (bicyclic) bond motifs is 1. The van der Waals surface area contributed by atoms with Crippen LogP contribution < -0.4 is 10.9 Å². The normalized spacial score (nSPS) is 19.0. The molecule has 0 aromatic carbocycles. The molecule has 0 bridgehead atoms. The molecule has 1 fully saturated rings. The van der Waals surface area contributed by atoms with Gasteiger partial charge in [0.05, 0.1) is 23.5 Å².